The molecule has 8 nitrogen and oxygen atoms in total. The monoisotopic (exact) mass is 417 g/mol. The molecule has 3 aromatic rings. The highest BCUT2D eigenvalue weighted by Crippen LogP contribution is 2.42. The van der Waals surface area contributed by atoms with Crippen LogP contribution in [0.15, 0.2) is 12.3 Å². The third kappa shape index (κ3) is 2.98. The number of aryl methyl sites for hydroxylation is 1. The van der Waals surface area contributed by atoms with Crippen molar-refractivity contribution in [3.63, 3.8) is 0 Å². The molecule has 0 spiro atoms. The average Bonchev–Trinajstić information content (AvgIpc) is 3.08. The van der Waals surface area contributed by atoms with E-state index in [-0.39, 0.29) is 41.4 Å². The number of aromatic nitrogens is 4. The molecule has 1 saturated heterocycles. The van der Waals surface area contributed by atoms with E-state index in [0.717, 1.165) is 6.20 Å². The lowest BCUT2D eigenvalue weighted by Crippen LogP contribution is -2.42. The van der Waals surface area contributed by atoms with Gasteiger partial charge in [0.1, 0.15) is 29.2 Å². The number of aliphatic hydroxyl groups excluding tert-OH is 1. The van der Waals surface area contributed by atoms with Gasteiger partial charge in [-0.15, -0.1) is 0 Å². The van der Waals surface area contributed by atoms with E-state index in [1.807, 2.05) is 11.5 Å². The molecule has 5 rings (SSSR count). The summed E-state index contributed by atoms with van der Waals surface area (Å²) >= 11 is 0. The quantitative estimate of drug-likeness (QED) is 0.677. The topological polar surface area (TPSA) is 94.3 Å². The summed E-state index contributed by atoms with van der Waals surface area (Å²) in [7, 11) is 0. The lowest BCUT2D eigenvalue weighted by Gasteiger charge is -2.28. The van der Waals surface area contributed by atoms with E-state index in [2.05, 4.69) is 20.3 Å². The van der Waals surface area contributed by atoms with Crippen LogP contribution in [0.4, 0.5) is 14.7 Å². The van der Waals surface area contributed by atoms with Gasteiger partial charge in [-0.3, -0.25) is 0 Å². The Bertz CT molecular complexity index is 1140. The van der Waals surface area contributed by atoms with Gasteiger partial charge in [-0.1, -0.05) is 0 Å². The van der Waals surface area contributed by atoms with E-state index in [1.54, 1.807) is 6.92 Å². The second-order valence-electron chi connectivity index (χ2n) is 7.69. The first kappa shape index (κ1) is 19.1. The zero-order valence-electron chi connectivity index (χ0n) is 16.5. The minimum Gasteiger partial charge on any atom is -0.488 e. The number of anilines is 1. The van der Waals surface area contributed by atoms with E-state index in [4.69, 9.17) is 9.47 Å². The number of imidazole rings is 1. The maximum atomic E-state index is 14.9. The van der Waals surface area contributed by atoms with Crippen molar-refractivity contribution in [1.29, 1.82) is 0 Å². The molecule has 2 aliphatic rings. The summed E-state index contributed by atoms with van der Waals surface area (Å²) in [6.45, 7) is 4.80. The Kier molecular flexibility index (Phi) is 4.55. The van der Waals surface area contributed by atoms with Crippen molar-refractivity contribution >= 4 is 17.0 Å². The molecule has 0 radical (unpaired) electrons. The van der Waals surface area contributed by atoms with Crippen molar-refractivity contribution < 1.29 is 23.4 Å². The van der Waals surface area contributed by atoms with E-state index in [9.17, 15) is 13.9 Å². The molecule has 3 atom stereocenters. The van der Waals surface area contributed by atoms with Crippen LogP contribution in [-0.2, 0) is 4.74 Å². The lowest BCUT2D eigenvalue weighted by molar-refractivity contribution is -0.0136. The molecule has 158 valence electrons. The first-order valence-corrected chi connectivity index (χ1v) is 9.83. The Balaban J connectivity index is 1.62. The fourth-order valence-corrected chi connectivity index (χ4v) is 4.14. The number of benzene rings is 1. The van der Waals surface area contributed by atoms with Crippen LogP contribution in [0.5, 0.6) is 5.75 Å². The maximum absolute atomic E-state index is 14.9. The molecular weight excluding hydrogens is 396 g/mol. The predicted molar refractivity (Wildman–Crippen MR) is 104 cm³/mol. The van der Waals surface area contributed by atoms with Crippen LogP contribution in [0.3, 0.4) is 0 Å². The summed E-state index contributed by atoms with van der Waals surface area (Å²) < 4.78 is 42.6. The van der Waals surface area contributed by atoms with Gasteiger partial charge in [0.05, 0.1) is 36.6 Å². The molecule has 0 saturated carbocycles. The van der Waals surface area contributed by atoms with E-state index >= 15 is 0 Å². The smallest absolute Gasteiger partial charge is 0.223 e. The summed E-state index contributed by atoms with van der Waals surface area (Å²) in [6, 6.07) is 0.846. The number of nitrogens with one attached hydrogen (secondary N) is 1. The lowest BCUT2D eigenvalue weighted by atomic mass is 10.1. The predicted octanol–water partition coefficient (Wildman–Crippen LogP) is 2.60. The first-order valence-electron chi connectivity index (χ1n) is 9.83. The molecule has 4 heterocycles. The Morgan fingerprint density at radius 3 is 2.87 bits per heavy atom. The van der Waals surface area contributed by atoms with Crippen LogP contribution in [0.2, 0.25) is 0 Å². The van der Waals surface area contributed by atoms with Crippen LogP contribution in [0.1, 0.15) is 25.2 Å². The highest BCUT2D eigenvalue weighted by atomic mass is 19.1. The second kappa shape index (κ2) is 7.13. The minimum absolute atomic E-state index is 0.0281. The van der Waals surface area contributed by atoms with Gasteiger partial charge < -0.3 is 24.5 Å². The standard InChI is InChI=1S/C20H21F2N5O3/c1-9-7-30-19-11(5-12(21)17-18(19)27(9)10(2)24-17)16-13(22)6-23-20(26-16)25-14-3-4-29-8-15(14)28/h5-6,9,14-15,28H,3-4,7-8H2,1-2H3,(H,23,25,26)/t9?,14-,15-/m1/s1. The van der Waals surface area contributed by atoms with Gasteiger partial charge in [-0.25, -0.2) is 23.7 Å². The fourth-order valence-electron chi connectivity index (χ4n) is 4.14. The Labute approximate surface area is 170 Å². The zero-order valence-corrected chi connectivity index (χ0v) is 16.5. The van der Waals surface area contributed by atoms with Crippen LogP contribution < -0.4 is 10.1 Å². The summed E-state index contributed by atoms with van der Waals surface area (Å²) in [5, 5.41) is 13.1. The molecule has 1 unspecified atom stereocenters. The Morgan fingerprint density at radius 1 is 1.23 bits per heavy atom. The maximum Gasteiger partial charge on any atom is 0.223 e. The Hall–Kier alpha value is -2.85. The second-order valence-corrected chi connectivity index (χ2v) is 7.69. The van der Waals surface area contributed by atoms with Crippen LogP contribution in [0, 0.1) is 18.6 Å². The SMILES string of the molecule is Cc1nc2c(F)cc(-c3nc(N[C@@H]4CCOC[C@H]4O)ncc3F)c3c2n1C(C)CO3. The van der Waals surface area contributed by atoms with Gasteiger partial charge >= 0.3 is 0 Å². The number of halogens is 2. The van der Waals surface area contributed by atoms with Gasteiger partial charge in [0.25, 0.3) is 0 Å². The molecule has 0 aliphatic carbocycles. The normalized spacial score (nSPS) is 23.4. The average molecular weight is 417 g/mol. The highest BCUT2D eigenvalue weighted by molar-refractivity contribution is 5.92. The highest BCUT2D eigenvalue weighted by Gasteiger charge is 2.30. The third-order valence-corrected chi connectivity index (χ3v) is 5.59. The molecular formula is C20H21F2N5O3. The number of rotatable bonds is 3. The molecule has 0 bridgehead atoms. The summed E-state index contributed by atoms with van der Waals surface area (Å²) in [6.07, 6.45) is 0.856. The molecule has 1 aromatic carbocycles. The van der Waals surface area contributed by atoms with Crippen molar-refractivity contribution in [2.24, 2.45) is 0 Å². The van der Waals surface area contributed by atoms with Gasteiger partial charge in [0.2, 0.25) is 5.95 Å². The van der Waals surface area contributed by atoms with E-state index < -0.39 is 17.7 Å². The van der Waals surface area contributed by atoms with E-state index in [1.165, 1.54) is 6.07 Å². The van der Waals surface area contributed by atoms with Gasteiger partial charge in [0, 0.05) is 6.61 Å². The summed E-state index contributed by atoms with van der Waals surface area (Å²) in [5.41, 5.74) is 0.804. The molecule has 10 heteroatoms. The van der Waals surface area contributed by atoms with Crippen molar-refractivity contribution in [2.75, 3.05) is 25.1 Å². The molecule has 2 aliphatic heterocycles. The van der Waals surface area contributed by atoms with Crippen LogP contribution in [0.25, 0.3) is 22.3 Å². The number of aliphatic hydroxyl groups is 1. The number of hydrogen-bond donors (Lipinski definition) is 2. The van der Waals surface area contributed by atoms with Crippen LogP contribution >= 0.6 is 0 Å². The molecule has 1 fully saturated rings. The largest absolute Gasteiger partial charge is 0.488 e. The molecule has 30 heavy (non-hydrogen) atoms. The van der Waals surface area contributed by atoms with Gasteiger partial charge in [0.15, 0.2) is 17.4 Å². The number of nitrogens with zero attached hydrogens (tertiary/aromatic N) is 4. The van der Waals surface area contributed by atoms with Gasteiger partial charge in [-0.2, -0.15) is 0 Å². The van der Waals surface area contributed by atoms with Crippen molar-refractivity contribution in [3.8, 4) is 17.0 Å². The molecule has 2 aromatic heterocycles. The van der Waals surface area contributed by atoms with Gasteiger partial charge in [-0.05, 0) is 26.3 Å². The van der Waals surface area contributed by atoms with Crippen molar-refractivity contribution in [1.82, 2.24) is 19.5 Å². The number of hydrogen-bond acceptors (Lipinski definition) is 7. The summed E-state index contributed by atoms with van der Waals surface area (Å²) in [5.74, 6) is -0.125. The zero-order chi connectivity index (χ0) is 21.0. The van der Waals surface area contributed by atoms with Crippen LogP contribution in [-0.4, -0.2) is 56.6 Å². The fraction of sp³-hybridized carbons (Fsp3) is 0.450. The molecule has 2 N–H and O–H groups in total. The summed E-state index contributed by atoms with van der Waals surface area (Å²) in [4.78, 5) is 12.6. The van der Waals surface area contributed by atoms with E-state index in [0.29, 0.717) is 36.7 Å². The first-order chi connectivity index (χ1) is 14.4. The number of ether oxygens (including phenoxy) is 2. The third-order valence-electron chi connectivity index (χ3n) is 5.59. The minimum atomic E-state index is -0.729. The molecule has 0 amide bonds. The van der Waals surface area contributed by atoms with Crippen molar-refractivity contribution in [2.45, 2.75) is 38.5 Å². The van der Waals surface area contributed by atoms with Crippen molar-refractivity contribution in [3.05, 3.63) is 29.7 Å². The Morgan fingerprint density at radius 2 is 2.07 bits per heavy atom.